The summed E-state index contributed by atoms with van der Waals surface area (Å²) in [5.41, 5.74) is 2.58. The summed E-state index contributed by atoms with van der Waals surface area (Å²) in [7, 11) is 2.83. The molecule has 1 N–H and O–H groups in total. The van der Waals surface area contributed by atoms with Crippen LogP contribution in [-0.2, 0) is 20.0 Å². The number of benzene rings is 1. The molecule has 0 radical (unpaired) electrons. The number of nitrogens with one attached hydrogen (secondary N) is 1. The first-order chi connectivity index (χ1) is 10.0. The molecule has 0 aliphatic rings. The van der Waals surface area contributed by atoms with Gasteiger partial charge in [-0.15, -0.1) is 10.2 Å². The molecule has 2 aromatic rings. The van der Waals surface area contributed by atoms with Crippen LogP contribution in [0.1, 0.15) is 18.4 Å². The Hall–Kier alpha value is -2.25. The van der Waals surface area contributed by atoms with E-state index in [9.17, 15) is 4.79 Å². The molecule has 1 atom stereocenters. The highest BCUT2D eigenvalue weighted by Crippen LogP contribution is 2.27. The van der Waals surface area contributed by atoms with E-state index >= 15 is 0 Å². The number of rotatable bonds is 5. The van der Waals surface area contributed by atoms with Crippen molar-refractivity contribution < 1.29 is 18.8 Å². The molecule has 7 heteroatoms. The van der Waals surface area contributed by atoms with E-state index < -0.39 is 11.5 Å². The van der Waals surface area contributed by atoms with E-state index in [1.165, 1.54) is 14.2 Å². The Balaban J connectivity index is 2.30. The average Bonchev–Trinajstić information content (AvgIpc) is 2.93. The van der Waals surface area contributed by atoms with Crippen LogP contribution < -0.4 is 5.48 Å². The molecule has 0 fully saturated rings. The smallest absolute Gasteiger partial charge is 0.280 e. The maximum atomic E-state index is 12.1. The number of amides is 1. The fraction of sp³-hybridized carbons (Fsp3) is 0.357. The van der Waals surface area contributed by atoms with Gasteiger partial charge in [-0.1, -0.05) is 12.1 Å². The zero-order valence-corrected chi connectivity index (χ0v) is 12.3. The minimum absolute atomic E-state index is 0.395. The Labute approximate surface area is 122 Å². The van der Waals surface area contributed by atoms with Crippen LogP contribution in [0.5, 0.6) is 0 Å². The minimum Gasteiger partial charge on any atom is -0.421 e. The van der Waals surface area contributed by atoms with Crippen LogP contribution in [-0.4, -0.2) is 30.3 Å². The fourth-order valence-corrected chi connectivity index (χ4v) is 1.88. The van der Waals surface area contributed by atoms with Crippen LogP contribution >= 0.6 is 0 Å². The number of aryl methyl sites for hydroxylation is 1. The average molecular weight is 291 g/mol. The normalized spacial score (nSPS) is 13.7. The van der Waals surface area contributed by atoms with Gasteiger partial charge in [-0.2, -0.15) is 0 Å². The molecule has 112 valence electrons. The van der Waals surface area contributed by atoms with Crippen molar-refractivity contribution in [3.63, 3.8) is 0 Å². The molecule has 1 amide bonds. The lowest BCUT2D eigenvalue weighted by atomic mass is 9.94. The van der Waals surface area contributed by atoms with Gasteiger partial charge in [0.25, 0.3) is 5.91 Å². The predicted molar refractivity (Wildman–Crippen MR) is 74.0 cm³/mol. The molecule has 2 rings (SSSR count). The molecule has 7 nitrogen and oxygen atoms in total. The Kier molecular flexibility index (Phi) is 4.35. The van der Waals surface area contributed by atoms with Gasteiger partial charge in [0, 0.05) is 19.6 Å². The summed E-state index contributed by atoms with van der Waals surface area (Å²) in [6, 6.07) is 7.13. The van der Waals surface area contributed by atoms with Crippen LogP contribution in [0.25, 0.3) is 11.5 Å². The third-order valence-corrected chi connectivity index (χ3v) is 3.25. The zero-order chi connectivity index (χ0) is 15.5. The van der Waals surface area contributed by atoms with Gasteiger partial charge in [0.2, 0.25) is 11.8 Å². The molecule has 21 heavy (non-hydrogen) atoms. The monoisotopic (exact) mass is 291 g/mol. The van der Waals surface area contributed by atoms with Crippen molar-refractivity contribution >= 4 is 5.91 Å². The first kappa shape index (κ1) is 15.1. The van der Waals surface area contributed by atoms with Gasteiger partial charge in [-0.3, -0.25) is 9.63 Å². The lowest BCUT2D eigenvalue weighted by Crippen LogP contribution is -2.43. The molecule has 0 bridgehead atoms. The van der Waals surface area contributed by atoms with Crippen LogP contribution in [0.2, 0.25) is 0 Å². The molecular weight excluding hydrogens is 274 g/mol. The Morgan fingerprint density at radius 1 is 1.24 bits per heavy atom. The molecule has 1 aromatic heterocycles. The van der Waals surface area contributed by atoms with Gasteiger partial charge in [0.1, 0.15) is 0 Å². The highest BCUT2D eigenvalue weighted by Gasteiger charge is 2.35. The van der Waals surface area contributed by atoms with E-state index in [4.69, 9.17) is 9.15 Å². The van der Waals surface area contributed by atoms with Gasteiger partial charge in [0.15, 0.2) is 5.60 Å². The third kappa shape index (κ3) is 2.93. The number of carbonyl (C=O) groups is 1. The molecule has 1 heterocycles. The van der Waals surface area contributed by atoms with Gasteiger partial charge >= 0.3 is 0 Å². The number of carbonyl (C=O) groups excluding carboxylic acids is 1. The molecule has 0 saturated carbocycles. The summed E-state index contributed by atoms with van der Waals surface area (Å²) in [6.07, 6.45) is 0. The number of hydroxylamine groups is 1. The molecule has 1 unspecified atom stereocenters. The topological polar surface area (TPSA) is 86.5 Å². The van der Waals surface area contributed by atoms with E-state index in [0.717, 1.165) is 5.56 Å². The van der Waals surface area contributed by atoms with Gasteiger partial charge in [0.05, 0.1) is 7.11 Å². The number of nitrogens with zero attached hydrogens (tertiary/aromatic N) is 2. The maximum absolute atomic E-state index is 12.1. The Morgan fingerprint density at radius 3 is 2.38 bits per heavy atom. The van der Waals surface area contributed by atoms with Crippen LogP contribution in [0.15, 0.2) is 28.7 Å². The van der Waals surface area contributed by atoms with Crippen molar-refractivity contribution in [1.82, 2.24) is 15.7 Å². The number of ether oxygens (including phenoxy) is 1. The van der Waals surface area contributed by atoms with E-state index in [-0.39, 0.29) is 0 Å². The second-order valence-corrected chi connectivity index (χ2v) is 4.58. The van der Waals surface area contributed by atoms with Crippen LogP contribution in [0.4, 0.5) is 0 Å². The summed E-state index contributed by atoms with van der Waals surface area (Å²) in [5.74, 6) is 0.531. The summed E-state index contributed by atoms with van der Waals surface area (Å²) in [4.78, 5) is 16.7. The summed E-state index contributed by atoms with van der Waals surface area (Å²) in [5, 5.41) is 7.73. The highest BCUT2D eigenvalue weighted by molar-refractivity contribution is 5.85. The van der Waals surface area contributed by atoms with Gasteiger partial charge in [-0.05, 0) is 24.6 Å². The number of hydrogen-bond acceptors (Lipinski definition) is 6. The van der Waals surface area contributed by atoms with Crippen molar-refractivity contribution in [1.29, 1.82) is 0 Å². The van der Waals surface area contributed by atoms with E-state index in [1.54, 1.807) is 38.1 Å². The molecule has 0 saturated heterocycles. The van der Waals surface area contributed by atoms with Crippen molar-refractivity contribution in [2.75, 3.05) is 14.2 Å². The number of hydrogen-bond donors (Lipinski definition) is 1. The maximum Gasteiger partial charge on any atom is 0.280 e. The second-order valence-electron chi connectivity index (χ2n) is 4.58. The van der Waals surface area contributed by atoms with E-state index in [1.807, 2.05) is 0 Å². The number of aromatic nitrogens is 2. The summed E-state index contributed by atoms with van der Waals surface area (Å²) >= 11 is 0. The van der Waals surface area contributed by atoms with Crippen molar-refractivity contribution in [2.24, 2.45) is 0 Å². The fourth-order valence-electron chi connectivity index (χ4n) is 1.88. The molecular formula is C14H17N3O4. The lowest BCUT2D eigenvalue weighted by Gasteiger charge is -2.26. The largest absolute Gasteiger partial charge is 0.421 e. The standard InChI is InChI=1S/C14H17N3O4/c1-9-15-16-12(21-9)10-5-7-11(8-6-10)14(2,19-3)13(18)17-20-4/h5-8H,1-4H3,(H,17,18). The van der Waals surface area contributed by atoms with Crippen molar-refractivity contribution in [2.45, 2.75) is 19.4 Å². The Morgan fingerprint density at radius 2 is 1.90 bits per heavy atom. The zero-order valence-electron chi connectivity index (χ0n) is 12.3. The van der Waals surface area contributed by atoms with Gasteiger partial charge < -0.3 is 9.15 Å². The Bertz CT molecular complexity index is 623. The van der Waals surface area contributed by atoms with Crippen molar-refractivity contribution in [3.05, 3.63) is 35.7 Å². The molecule has 0 aliphatic heterocycles. The SMILES string of the molecule is CONC(=O)C(C)(OC)c1ccc(-c2nnc(C)o2)cc1. The summed E-state index contributed by atoms with van der Waals surface area (Å²) in [6.45, 7) is 3.38. The van der Waals surface area contributed by atoms with E-state index in [2.05, 4.69) is 20.5 Å². The molecule has 1 aromatic carbocycles. The highest BCUT2D eigenvalue weighted by atomic mass is 16.6. The van der Waals surface area contributed by atoms with Crippen LogP contribution in [0, 0.1) is 6.92 Å². The third-order valence-electron chi connectivity index (χ3n) is 3.25. The molecule has 0 aliphatic carbocycles. The predicted octanol–water partition coefficient (Wildman–Crippen LogP) is 1.58. The second kappa shape index (κ2) is 6.02. The van der Waals surface area contributed by atoms with Gasteiger partial charge in [-0.25, -0.2) is 5.48 Å². The van der Waals surface area contributed by atoms with Crippen molar-refractivity contribution in [3.8, 4) is 11.5 Å². The summed E-state index contributed by atoms with van der Waals surface area (Å²) < 4.78 is 10.7. The lowest BCUT2D eigenvalue weighted by molar-refractivity contribution is -0.153. The number of methoxy groups -OCH3 is 1. The first-order valence-electron chi connectivity index (χ1n) is 6.31. The van der Waals surface area contributed by atoms with Crippen LogP contribution in [0.3, 0.4) is 0 Å². The minimum atomic E-state index is -1.15. The quantitative estimate of drug-likeness (QED) is 0.842. The van der Waals surface area contributed by atoms with E-state index in [0.29, 0.717) is 17.3 Å². The molecule has 0 spiro atoms. The first-order valence-corrected chi connectivity index (χ1v) is 6.31.